The van der Waals surface area contributed by atoms with Crippen LogP contribution in [0.3, 0.4) is 0 Å². The van der Waals surface area contributed by atoms with Crippen molar-refractivity contribution in [3.8, 4) is 17.2 Å². The van der Waals surface area contributed by atoms with Gasteiger partial charge in [-0.15, -0.1) is 0 Å². The summed E-state index contributed by atoms with van der Waals surface area (Å²) in [7, 11) is 6.32. The molecule has 176 valence electrons. The van der Waals surface area contributed by atoms with Gasteiger partial charge in [0.25, 0.3) is 11.8 Å². The maximum absolute atomic E-state index is 13.1. The summed E-state index contributed by atoms with van der Waals surface area (Å²) in [4.78, 5) is 31.1. The van der Waals surface area contributed by atoms with E-state index in [4.69, 9.17) is 14.2 Å². The topological polar surface area (TPSA) is 91.2 Å². The fourth-order valence-electron chi connectivity index (χ4n) is 3.31. The van der Waals surface area contributed by atoms with Crippen LogP contribution in [-0.2, 0) is 11.8 Å². The van der Waals surface area contributed by atoms with E-state index in [1.54, 1.807) is 23.9 Å². The Morgan fingerprint density at radius 1 is 1.12 bits per heavy atom. The third-order valence-electron chi connectivity index (χ3n) is 5.06. The number of para-hydroxylation sites is 1. The average Bonchev–Trinajstić information content (AvgIpc) is 3.15. The van der Waals surface area contributed by atoms with Crippen LogP contribution in [0.15, 0.2) is 41.4 Å². The van der Waals surface area contributed by atoms with Crippen LogP contribution in [0.4, 0.5) is 0 Å². The van der Waals surface area contributed by atoms with Crippen LogP contribution >= 0.6 is 23.1 Å². The first-order valence-corrected chi connectivity index (χ1v) is 12.4. The molecule has 3 rings (SSSR count). The smallest absolute Gasteiger partial charge is 0.270 e. The van der Waals surface area contributed by atoms with E-state index in [0.29, 0.717) is 39.8 Å². The molecule has 0 radical (unpaired) electrons. The molecular weight excluding hydrogens is 462 g/mol. The summed E-state index contributed by atoms with van der Waals surface area (Å²) in [6.07, 6.45) is 2.40. The third kappa shape index (κ3) is 5.51. The van der Waals surface area contributed by atoms with E-state index < -0.39 is 17.9 Å². The summed E-state index contributed by atoms with van der Waals surface area (Å²) in [5.41, 5.74) is 1.29. The lowest BCUT2D eigenvalue weighted by molar-refractivity contribution is -0.119. The van der Waals surface area contributed by atoms with Crippen molar-refractivity contribution in [1.29, 1.82) is 0 Å². The third-order valence-corrected chi connectivity index (χ3v) is 6.82. The van der Waals surface area contributed by atoms with E-state index in [9.17, 15) is 9.59 Å². The van der Waals surface area contributed by atoms with E-state index in [2.05, 4.69) is 10.3 Å². The summed E-state index contributed by atoms with van der Waals surface area (Å²) in [6.45, 7) is 0. The average molecular weight is 490 g/mol. The van der Waals surface area contributed by atoms with E-state index >= 15 is 0 Å². The zero-order valence-electron chi connectivity index (χ0n) is 19.2. The molecular formula is C23H27N3O5S2. The van der Waals surface area contributed by atoms with Gasteiger partial charge in [0.1, 0.15) is 6.04 Å². The molecule has 0 spiro atoms. The summed E-state index contributed by atoms with van der Waals surface area (Å²) < 4.78 is 18.9. The second-order valence-corrected chi connectivity index (χ2v) is 9.08. The highest BCUT2D eigenvalue weighted by Gasteiger charge is 2.23. The molecule has 0 unspecified atom stereocenters. The number of benzene rings is 2. The van der Waals surface area contributed by atoms with Gasteiger partial charge in [0.15, 0.2) is 16.3 Å². The van der Waals surface area contributed by atoms with Gasteiger partial charge in [-0.1, -0.05) is 23.5 Å². The fraction of sp³-hybridized carbons (Fsp3) is 0.348. The van der Waals surface area contributed by atoms with Gasteiger partial charge in [0.05, 0.1) is 31.5 Å². The predicted octanol–water partition coefficient (Wildman–Crippen LogP) is 3.24. The molecule has 10 heteroatoms. The van der Waals surface area contributed by atoms with Gasteiger partial charge < -0.3 is 24.1 Å². The first-order valence-electron chi connectivity index (χ1n) is 10.2. The van der Waals surface area contributed by atoms with Crippen molar-refractivity contribution in [3.05, 3.63) is 46.8 Å². The van der Waals surface area contributed by atoms with E-state index in [1.807, 2.05) is 42.1 Å². The minimum atomic E-state index is -0.769. The van der Waals surface area contributed by atoms with Gasteiger partial charge in [0, 0.05) is 12.6 Å². The fourth-order valence-corrected chi connectivity index (χ4v) is 4.80. The predicted molar refractivity (Wildman–Crippen MR) is 132 cm³/mol. The first kappa shape index (κ1) is 24.7. The number of thioether (sulfide) groups is 1. The molecule has 0 bridgehead atoms. The minimum Gasteiger partial charge on any atom is -0.493 e. The zero-order valence-corrected chi connectivity index (χ0v) is 20.8. The number of carbonyl (C=O) groups excluding carboxylic acids is 2. The van der Waals surface area contributed by atoms with Crippen molar-refractivity contribution < 1.29 is 23.8 Å². The number of aromatic nitrogens is 1. The van der Waals surface area contributed by atoms with Crippen LogP contribution in [0.5, 0.6) is 17.2 Å². The first-order chi connectivity index (χ1) is 15.9. The van der Waals surface area contributed by atoms with Crippen LogP contribution in [-0.4, -0.2) is 55.8 Å². The van der Waals surface area contributed by atoms with Crippen LogP contribution < -0.4 is 24.3 Å². The molecule has 0 fully saturated rings. The van der Waals surface area contributed by atoms with Gasteiger partial charge in [-0.3, -0.25) is 9.59 Å². The summed E-state index contributed by atoms with van der Waals surface area (Å²) in [5.74, 6) is 0.974. The summed E-state index contributed by atoms with van der Waals surface area (Å²) in [5, 5.41) is 2.83. The summed E-state index contributed by atoms with van der Waals surface area (Å²) >= 11 is 3.03. The normalized spacial score (nSPS) is 12.5. The maximum Gasteiger partial charge on any atom is 0.270 e. The van der Waals surface area contributed by atoms with Crippen molar-refractivity contribution in [2.75, 3.05) is 33.3 Å². The van der Waals surface area contributed by atoms with Crippen molar-refractivity contribution in [2.24, 2.45) is 12.0 Å². The SMILES string of the molecule is COc1cc(C(=O)N[C@H](CCSC)C(=O)N=c2sc3ccccc3n2C)cc(OC)c1OC. The number of fused-ring (bicyclic) bond motifs is 1. The van der Waals surface area contributed by atoms with E-state index in [0.717, 1.165) is 10.2 Å². The Morgan fingerprint density at radius 3 is 2.36 bits per heavy atom. The number of hydrogen-bond donors (Lipinski definition) is 1. The number of rotatable bonds is 9. The number of aryl methyl sites for hydroxylation is 1. The standard InChI is InChI=1S/C23H27N3O5S2/c1-26-16-8-6-7-9-19(16)33-23(26)25-22(28)15(10-11-32-5)24-21(27)14-12-17(29-2)20(31-4)18(13-14)30-3/h6-9,12-13,15H,10-11H2,1-5H3,(H,24,27)/t15-/m1/s1. The molecule has 1 heterocycles. The summed E-state index contributed by atoms with van der Waals surface area (Å²) in [6, 6.07) is 10.2. The maximum atomic E-state index is 13.1. The molecule has 0 aliphatic rings. The molecule has 0 saturated carbocycles. The molecule has 33 heavy (non-hydrogen) atoms. The molecule has 1 atom stereocenters. The highest BCUT2D eigenvalue weighted by molar-refractivity contribution is 7.98. The second kappa shape index (κ2) is 11.2. The second-order valence-electron chi connectivity index (χ2n) is 7.08. The monoisotopic (exact) mass is 489 g/mol. The lowest BCUT2D eigenvalue weighted by atomic mass is 10.1. The van der Waals surface area contributed by atoms with Gasteiger partial charge in [-0.25, -0.2) is 0 Å². The Kier molecular flexibility index (Phi) is 8.40. The van der Waals surface area contributed by atoms with E-state index in [1.165, 1.54) is 32.7 Å². The van der Waals surface area contributed by atoms with Crippen LogP contribution in [0.25, 0.3) is 10.2 Å². The number of nitrogens with one attached hydrogen (secondary N) is 1. The number of carbonyl (C=O) groups is 2. The van der Waals surface area contributed by atoms with Gasteiger partial charge >= 0.3 is 0 Å². The van der Waals surface area contributed by atoms with Crippen LogP contribution in [0.2, 0.25) is 0 Å². The number of ether oxygens (including phenoxy) is 3. The van der Waals surface area contributed by atoms with Crippen molar-refractivity contribution in [1.82, 2.24) is 9.88 Å². The molecule has 0 aliphatic carbocycles. The molecule has 2 amide bonds. The number of amides is 2. The highest BCUT2D eigenvalue weighted by atomic mass is 32.2. The lowest BCUT2D eigenvalue weighted by Crippen LogP contribution is -2.41. The van der Waals surface area contributed by atoms with E-state index in [-0.39, 0.29) is 0 Å². The Labute approximate surface area is 200 Å². The van der Waals surface area contributed by atoms with Gasteiger partial charge in [-0.2, -0.15) is 16.8 Å². The number of thiazole rings is 1. The quantitative estimate of drug-likeness (QED) is 0.496. The Morgan fingerprint density at radius 2 is 1.79 bits per heavy atom. The molecule has 3 aromatic rings. The molecule has 0 saturated heterocycles. The van der Waals surface area contributed by atoms with Gasteiger partial charge in [0.2, 0.25) is 5.75 Å². The number of nitrogens with zero attached hydrogens (tertiary/aromatic N) is 2. The van der Waals surface area contributed by atoms with Crippen molar-refractivity contribution in [3.63, 3.8) is 0 Å². The Hall–Kier alpha value is -2.98. The molecule has 2 aromatic carbocycles. The molecule has 1 N–H and O–H groups in total. The minimum absolute atomic E-state index is 0.291. The Balaban J connectivity index is 1.91. The van der Waals surface area contributed by atoms with Gasteiger partial charge in [-0.05, 0) is 42.7 Å². The molecule has 0 aliphatic heterocycles. The largest absolute Gasteiger partial charge is 0.493 e. The molecule has 8 nitrogen and oxygen atoms in total. The molecule has 1 aromatic heterocycles. The van der Waals surface area contributed by atoms with Crippen molar-refractivity contribution in [2.45, 2.75) is 12.5 Å². The van der Waals surface area contributed by atoms with Crippen LogP contribution in [0.1, 0.15) is 16.8 Å². The highest BCUT2D eigenvalue weighted by Crippen LogP contribution is 2.38. The number of methoxy groups -OCH3 is 3. The number of hydrogen-bond acceptors (Lipinski definition) is 7. The van der Waals surface area contributed by atoms with Crippen molar-refractivity contribution >= 4 is 45.1 Å². The van der Waals surface area contributed by atoms with Crippen LogP contribution in [0, 0.1) is 0 Å². The zero-order chi connectivity index (χ0) is 24.0. The Bertz CT molecular complexity index is 1190. The lowest BCUT2D eigenvalue weighted by Gasteiger charge is -2.17.